The van der Waals surface area contributed by atoms with Crippen molar-refractivity contribution in [2.24, 2.45) is 0 Å². The van der Waals surface area contributed by atoms with E-state index in [1.54, 1.807) is 0 Å². The molecule has 1 aromatic carbocycles. The summed E-state index contributed by atoms with van der Waals surface area (Å²) in [6.07, 6.45) is 0. The van der Waals surface area contributed by atoms with E-state index in [0.29, 0.717) is 17.6 Å². The topological polar surface area (TPSA) is 35.6 Å². The minimum atomic E-state index is 0.162. The number of nitrogens with one attached hydrogen (secondary N) is 1. The number of carbonyl (C=O) groups is 1. The number of anilines is 1. The van der Waals surface area contributed by atoms with Crippen LogP contribution in [0.15, 0.2) is 24.3 Å². The van der Waals surface area contributed by atoms with Gasteiger partial charge in [0.2, 0.25) is 5.91 Å². The summed E-state index contributed by atoms with van der Waals surface area (Å²) in [5.74, 6) is 0.162. The van der Waals surface area contributed by atoms with E-state index in [-0.39, 0.29) is 5.91 Å². The maximum Gasteiger partial charge on any atom is 0.241 e. The Balaban J connectivity index is 1.82. The molecule has 2 fully saturated rings. The quantitative estimate of drug-likeness (QED) is 0.822. The Morgan fingerprint density at radius 2 is 2.28 bits per heavy atom. The number of hydrogen-bond donors (Lipinski definition) is 1. The highest BCUT2D eigenvalue weighted by Crippen LogP contribution is 2.23. The van der Waals surface area contributed by atoms with Crippen LogP contribution in [0, 0.1) is 0 Å². The zero-order valence-electron chi connectivity index (χ0n) is 10.1. The second kappa shape index (κ2) is 4.88. The molecule has 0 spiro atoms. The number of carbonyl (C=O) groups excluding carboxylic acids is 1. The van der Waals surface area contributed by atoms with Gasteiger partial charge in [0.25, 0.3) is 0 Å². The molecule has 1 unspecified atom stereocenters. The molecule has 5 heteroatoms. The summed E-state index contributed by atoms with van der Waals surface area (Å²) < 4.78 is 0. The predicted molar refractivity (Wildman–Crippen MR) is 72.0 cm³/mol. The molecule has 2 aliphatic rings. The van der Waals surface area contributed by atoms with Gasteiger partial charge in [-0.15, -0.1) is 0 Å². The third-order valence-electron chi connectivity index (χ3n) is 3.62. The number of piperazine rings is 2. The number of halogens is 1. The third kappa shape index (κ3) is 2.23. The highest BCUT2D eigenvalue weighted by atomic mass is 35.5. The maximum absolute atomic E-state index is 12.2. The standard InChI is InChI=1S/C13H16ClN3O/c14-10-2-1-3-11(6-10)17-8-12-7-15-4-5-16(12)9-13(17)18/h1-3,6,12,15H,4-5,7-9H2. The number of benzene rings is 1. The molecule has 1 amide bonds. The lowest BCUT2D eigenvalue weighted by molar-refractivity contribution is -0.122. The molecular weight excluding hydrogens is 250 g/mol. The highest BCUT2D eigenvalue weighted by molar-refractivity contribution is 6.30. The summed E-state index contributed by atoms with van der Waals surface area (Å²) in [7, 11) is 0. The van der Waals surface area contributed by atoms with Gasteiger partial charge in [-0.25, -0.2) is 0 Å². The van der Waals surface area contributed by atoms with Crippen molar-refractivity contribution in [1.29, 1.82) is 0 Å². The van der Waals surface area contributed by atoms with Gasteiger partial charge in [0.1, 0.15) is 0 Å². The summed E-state index contributed by atoms with van der Waals surface area (Å²) in [6.45, 7) is 4.14. The van der Waals surface area contributed by atoms with Gasteiger partial charge in [-0.05, 0) is 18.2 Å². The van der Waals surface area contributed by atoms with Crippen LogP contribution in [0.25, 0.3) is 0 Å². The Hall–Kier alpha value is -1.10. The average Bonchev–Trinajstić information content (AvgIpc) is 2.38. The van der Waals surface area contributed by atoms with Crippen LogP contribution in [0.1, 0.15) is 0 Å². The second-order valence-corrected chi connectivity index (χ2v) is 5.25. The van der Waals surface area contributed by atoms with Crippen LogP contribution in [0.3, 0.4) is 0 Å². The molecule has 2 aliphatic heterocycles. The summed E-state index contributed by atoms with van der Waals surface area (Å²) in [6, 6.07) is 7.92. The molecule has 96 valence electrons. The molecule has 0 aromatic heterocycles. The summed E-state index contributed by atoms with van der Waals surface area (Å²) >= 11 is 5.99. The summed E-state index contributed by atoms with van der Waals surface area (Å²) in [5.41, 5.74) is 0.901. The van der Waals surface area contributed by atoms with Crippen LogP contribution < -0.4 is 10.2 Å². The first-order valence-corrected chi connectivity index (χ1v) is 6.62. The van der Waals surface area contributed by atoms with Crippen molar-refractivity contribution >= 4 is 23.2 Å². The molecule has 3 rings (SSSR count). The lowest BCUT2D eigenvalue weighted by Crippen LogP contribution is -2.63. The molecule has 0 radical (unpaired) electrons. The Labute approximate surface area is 112 Å². The fourth-order valence-corrected chi connectivity index (χ4v) is 2.84. The van der Waals surface area contributed by atoms with Crippen molar-refractivity contribution in [2.45, 2.75) is 6.04 Å². The summed E-state index contributed by atoms with van der Waals surface area (Å²) in [4.78, 5) is 16.3. The van der Waals surface area contributed by atoms with Crippen molar-refractivity contribution in [3.05, 3.63) is 29.3 Å². The van der Waals surface area contributed by atoms with Crippen LogP contribution in [0.4, 0.5) is 5.69 Å². The molecule has 0 aliphatic carbocycles. The van der Waals surface area contributed by atoms with E-state index in [2.05, 4.69) is 10.2 Å². The number of amides is 1. The van der Waals surface area contributed by atoms with E-state index in [4.69, 9.17) is 11.6 Å². The molecule has 0 saturated carbocycles. The van der Waals surface area contributed by atoms with Gasteiger partial charge in [-0.2, -0.15) is 0 Å². The van der Waals surface area contributed by atoms with E-state index in [1.807, 2.05) is 29.2 Å². The maximum atomic E-state index is 12.2. The van der Waals surface area contributed by atoms with E-state index in [0.717, 1.165) is 31.9 Å². The smallest absolute Gasteiger partial charge is 0.241 e. The predicted octanol–water partition coefficient (Wildman–Crippen LogP) is 0.960. The molecule has 18 heavy (non-hydrogen) atoms. The zero-order valence-corrected chi connectivity index (χ0v) is 10.9. The first kappa shape index (κ1) is 12.0. The molecule has 1 N–H and O–H groups in total. The van der Waals surface area contributed by atoms with Crippen molar-refractivity contribution < 1.29 is 4.79 Å². The lowest BCUT2D eigenvalue weighted by Gasteiger charge is -2.43. The van der Waals surface area contributed by atoms with E-state index in [1.165, 1.54) is 0 Å². The molecular formula is C13H16ClN3O. The largest absolute Gasteiger partial charge is 0.314 e. The van der Waals surface area contributed by atoms with Gasteiger partial charge >= 0.3 is 0 Å². The summed E-state index contributed by atoms with van der Waals surface area (Å²) in [5, 5.41) is 4.05. The molecule has 0 bridgehead atoms. The molecule has 1 atom stereocenters. The van der Waals surface area contributed by atoms with E-state index in [9.17, 15) is 4.79 Å². The van der Waals surface area contributed by atoms with E-state index < -0.39 is 0 Å². The highest BCUT2D eigenvalue weighted by Gasteiger charge is 2.33. The van der Waals surface area contributed by atoms with Crippen molar-refractivity contribution in [3.63, 3.8) is 0 Å². The van der Waals surface area contributed by atoms with Gasteiger partial charge in [0.15, 0.2) is 0 Å². The Morgan fingerprint density at radius 1 is 1.39 bits per heavy atom. The van der Waals surface area contributed by atoms with Gasteiger partial charge < -0.3 is 10.2 Å². The van der Waals surface area contributed by atoms with Crippen LogP contribution in [0.2, 0.25) is 5.02 Å². The fraction of sp³-hybridized carbons (Fsp3) is 0.462. The number of nitrogens with zero attached hydrogens (tertiary/aromatic N) is 2. The van der Waals surface area contributed by atoms with Crippen molar-refractivity contribution in [3.8, 4) is 0 Å². The van der Waals surface area contributed by atoms with Crippen LogP contribution in [-0.2, 0) is 4.79 Å². The third-order valence-corrected chi connectivity index (χ3v) is 3.86. The normalized spacial score (nSPS) is 25.1. The Morgan fingerprint density at radius 3 is 3.11 bits per heavy atom. The van der Waals surface area contributed by atoms with Crippen LogP contribution >= 0.6 is 11.6 Å². The first-order chi connectivity index (χ1) is 8.74. The number of rotatable bonds is 1. The molecule has 2 saturated heterocycles. The van der Waals surface area contributed by atoms with Crippen molar-refractivity contribution in [2.75, 3.05) is 37.6 Å². The SMILES string of the molecule is O=C1CN2CCNCC2CN1c1cccc(Cl)c1. The van der Waals surface area contributed by atoms with Gasteiger partial charge in [-0.1, -0.05) is 17.7 Å². The fourth-order valence-electron chi connectivity index (χ4n) is 2.66. The van der Waals surface area contributed by atoms with Crippen molar-refractivity contribution in [1.82, 2.24) is 10.2 Å². The molecule has 4 nitrogen and oxygen atoms in total. The monoisotopic (exact) mass is 265 g/mol. The molecule has 2 heterocycles. The van der Waals surface area contributed by atoms with Crippen LogP contribution in [0.5, 0.6) is 0 Å². The second-order valence-electron chi connectivity index (χ2n) is 4.81. The lowest BCUT2D eigenvalue weighted by atomic mass is 10.1. The minimum Gasteiger partial charge on any atom is -0.314 e. The minimum absolute atomic E-state index is 0.162. The Bertz CT molecular complexity index is 465. The van der Waals surface area contributed by atoms with E-state index >= 15 is 0 Å². The van der Waals surface area contributed by atoms with Gasteiger partial charge in [0.05, 0.1) is 6.54 Å². The van der Waals surface area contributed by atoms with Gasteiger partial charge in [-0.3, -0.25) is 9.69 Å². The van der Waals surface area contributed by atoms with Crippen LogP contribution in [-0.4, -0.2) is 49.6 Å². The Kier molecular flexibility index (Phi) is 3.24. The first-order valence-electron chi connectivity index (χ1n) is 6.25. The van der Waals surface area contributed by atoms with Gasteiger partial charge in [0, 0.05) is 42.9 Å². The number of fused-ring (bicyclic) bond motifs is 1. The zero-order chi connectivity index (χ0) is 12.5. The number of hydrogen-bond acceptors (Lipinski definition) is 3. The average molecular weight is 266 g/mol. The molecule has 1 aromatic rings.